The summed E-state index contributed by atoms with van der Waals surface area (Å²) >= 11 is 1.90. The maximum Gasteiger partial charge on any atom is 0.00285 e. The zero-order chi connectivity index (χ0) is 7.82. The Labute approximate surface area is 68.4 Å². The summed E-state index contributed by atoms with van der Waals surface area (Å²) in [6.07, 6.45) is 7.64. The third-order valence-electron chi connectivity index (χ3n) is 1.05. The summed E-state index contributed by atoms with van der Waals surface area (Å²) < 4.78 is 0. The number of hydrogen-bond acceptors (Lipinski definition) is 1. The fourth-order valence-electron chi connectivity index (χ4n) is 0.707. The molecule has 0 saturated heterocycles. The lowest BCUT2D eigenvalue weighted by Crippen LogP contribution is -1.71. The minimum absolute atomic E-state index is 1.13. The van der Waals surface area contributed by atoms with Crippen molar-refractivity contribution in [3.05, 3.63) is 23.1 Å². The molecule has 0 spiro atoms. The molecule has 0 atom stereocenters. The average Bonchev–Trinajstić information content (AvgIpc) is 1.90. The SMILES string of the molecule is C/C=C\C(=C/CC)SCC. The predicted octanol–water partition coefficient (Wildman–Crippen LogP) is 3.61. The van der Waals surface area contributed by atoms with E-state index in [1.165, 1.54) is 4.91 Å². The maximum absolute atomic E-state index is 2.26. The number of allylic oxidation sites excluding steroid dienone is 3. The van der Waals surface area contributed by atoms with Crippen molar-refractivity contribution in [1.29, 1.82) is 0 Å². The van der Waals surface area contributed by atoms with Crippen LogP contribution in [0.4, 0.5) is 0 Å². The molecule has 0 fully saturated rings. The Morgan fingerprint density at radius 1 is 1.40 bits per heavy atom. The summed E-state index contributed by atoms with van der Waals surface area (Å²) in [7, 11) is 0. The van der Waals surface area contributed by atoms with Gasteiger partial charge in [0.05, 0.1) is 0 Å². The minimum atomic E-state index is 1.13. The van der Waals surface area contributed by atoms with Gasteiger partial charge in [-0.05, 0) is 19.1 Å². The molecule has 0 aromatic heterocycles. The second-order valence-corrected chi connectivity index (χ2v) is 3.29. The Morgan fingerprint density at radius 2 is 2.10 bits per heavy atom. The fraction of sp³-hybridized carbons (Fsp3) is 0.556. The normalized spacial score (nSPS) is 12.9. The van der Waals surface area contributed by atoms with Gasteiger partial charge in [0.15, 0.2) is 0 Å². The zero-order valence-corrected chi connectivity index (χ0v) is 7.87. The third-order valence-corrected chi connectivity index (χ3v) is 1.97. The van der Waals surface area contributed by atoms with Crippen molar-refractivity contribution >= 4 is 11.8 Å². The molecular weight excluding hydrogens is 140 g/mol. The van der Waals surface area contributed by atoms with Gasteiger partial charge < -0.3 is 0 Å². The molecule has 0 radical (unpaired) electrons. The monoisotopic (exact) mass is 156 g/mol. The standard InChI is InChI=1S/C9H16S/c1-4-7-9(8-5-2)10-6-3/h4,7-8H,5-6H2,1-3H3/b7-4-,9-8+. The maximum atomic E-state index is 2.26. The lowest BCUT2D eigenvalue weighted by atomic mass is 10.4. The molecule has 0 amide bonds. The summed E-state index contributed by atoms with van der Waals surface area (Å²) in [6.45, 7) is 6.40. The molecule has 58 valence electrons. The van der Waals surface area contributed by atoms with E-state index in [0.717, 1.165) is 12.2 Å². The Hall–Kier alpha value is -0.170. The smallest absolute Gasteiger partial charge is 0.00285 e. The minimum Gasteiger partial charge on any atom is -0.127 e. The van der Waals surface area contributed by atoms with Gasteiger partial charge in [-0.1, -0.05) is 32.1 Å². The van der Waals surface area contributed by atoms with Gasteiger partial charge in [-0.15, -0.1) is 11.8 Å². The van der Waals surface area contributed by atoms with E-state index in [9.17, 15) is 0 Å². The first kappa shape index (κ1) is 9.83. The van der Waals surface area contributed by atoms with Crippen LogP contribution in [0.3, 0.4) is 0 Å². The highest BCUT2D eigenvalue weighted by Gasteiger charge is 1.87. The third kappa shape index (κ3) is 4.68. The molecule has 0 N–H and O–H groups in total. The van der Waals surface area contributed by atoms with Crippen LogP contribution < -0.4 is 0 Å². The lowest BCUT2D eigenvalue weighted by Gasteiger charge is -1.96. The topological polar surface area (TPSA) is 0 Å². The van der Waals surface area contributed by atoms with E-state index in [-0.39, 0.29) is 0 Å². The van der Waals surface area contributed by atoms with Crippen molar-refractivity contribution in [1.82, 2.24) is 0 Å². The Kier molecular flexibility index (Phi) is 6.83. The first-order chi connectivity index (χ1) is 4.85. The van der Waals surface area contributed by atoms with Crippen LogP contribution in [-0.4, -0.2) is 5.75 Å². The Bertz CT molecular complexity index is 123. The van der Waals surface area contributed by atoms with Gasteiger partial charge in [-0.2, -0.15) is 0 Å². The number of hydrogen-bond donors (Lipinski definition) is 0. The van der Waals surface area contributed by atoms with Gasteiger partial charge in [0.2, 0.25) is 0 Å². The highest BCUT2D eigenvalue weighted by atomic mass is 32.2. The van der Waals surface area contributed by atoms with Crippen molar-refractivity contribution in [3.63, 3.8) is 0 Å². The number of rotatable bonds is 4. The molecule has 0 saturated carbocycles. The highest BCUT2D eigenvalue weighted by molar-refractivity contribution is 8.03. The van der Waals surface area contributed by atoms with Crippen molar-refractivity contribution in [2.45, 2.75) is 27.2 Å². The molecule has 0 aliphatic rings. The van der Waals surface area contributed by atoms with E-state index >= 15 is 0 Å². The second kappa shape index (κ2) is 6.94. The Morgan fingerprint density at radius 3 is 2.50 bits per heavy atom. The second-order valence-electron chi connectivity index (χ2n) is 1.95. The molecule has 0 bridgehead atoms. The van der Waals surface area contributed by atoms with Crippen LogP contribution in [-0.2, 0) is 0 Å². The van der Waals surface area contributed by atoms with Crippen LogP contribution in [0.5, 0.6) is 0 Å². The van der Waals surface area contributed by atoms with Gasteiger partial charge in [-0.3, -0.25) is 0 Å². The summed E-state index contributed by atoms with van der Waals surface area (Å²) in [4.78, 5) is 1.40. The molecule has 0 rings (SSSR count). The van der Waals surface area contributed by atoms with E-state index in [1.807, 2.05) is 11.8 Å². The predicted molar refractivity (Wildman–Crippen MR) is 51.3 cm³/mol. The van der Waals surface area contributed by atoms with Crippen molar-refractivity contribution in [2.24, 2.45) is 0 Å². The van der Waals surface area contributed by atoms with Crippen molar-refractivity contribution in [3.8, 4) is 0 Å². The fourth-order valence-corrected chi connectivity index (χ4v) is 1.56. The summed E-state index contributed by atoms with van der Waals surface area (Å²) in [5.74, 6) is 1.16. The summed E-state index contributed by atoms with van der Waals surface area (Å²) in [5.41, 5.74) is 0. The molecular formula is C9H16S. The van der Waals surface area contributed by atoms with E-state index in [2.05, 4.69) is 39.0 Å². The first-order valence-corrected chi connectivity index (χ1v) is 4.79. The zero-order valence-electron chi connectivity index (χ0n) is 7.05. The van der Waals surface area contributed by atoms with Gasteiger partial charge >= 0.3 is 0 Å². The lowest BCUT2D eigenvalue weighted by molar-refractivity contribution is 1.22. The average molecular weight is 156 g/mol. The Balaban J connectivity index is 3.84. The van der Waals surface area contributed by atoms with Crippen LogP contribution in [0, 0.1) is 0 Å². The van der Waals surface area contributed by atoms with Crippen LogP contribution >= 0.6 is 11.8 Å². The number of thioether (sulfide) groups is 1. The molecule has 1 heteroatoms. The molecule has 0 heterocycles. The van der Waals surface area contributed by atoms with E-state index < -0.39 is 0 Å². The summed E-state index contributed by atoms with van der Waals surface area (Å²) in [5, 5.41) is 0. The van der Waals surface area contributed by atoms with Crippen molar-refractivity contribution < 1.29 is 0 Å². The quantitative estimate of drug-likeness (QED) is 0.560. The van der Waals surface area contributed by atoms with Gasteiger partial charge in [-0.25, -0.2) is 0 Å². The molecule has 0 nitrogen and oxygen atoms in total. The van der Waals surface area contributed by atoms with Crippen molar-refractivity contribution in [2.75, 3.05) is 5.75 Å². The molecule has 0 aliphatic heterocycles. The van der Waals surface area contributed by atoms with Crippen LogP contribution in [0.2, 0.25) is 0 Å². The van der Waals surface area contributed by atoms with Crippen LogP contribution in [0.1, 0.15) is 27.2 Å². The molecule has 0 aromatic rings. The van der Waals surface area contributed by atoms with Crippen LogP contribution in [0.15, 0.2) is 23.1 Å². The van der Waals surface area contributed by atoms with E-state index in [1.54, 1.807) is 0 Å². The van der Waals surface area contributed by atoms with Gasteiger partial charge in [0.1, 0.15) is 0 Å². The molecule has 0 aromatic carbocycles. The molecule has 0 unspecified atom stereocenters. The van der Waals surface area contributed by atoms with Gasteiger partial charge in [0.25, 0.3) is 0 Å². The highest BCUT2D eigenvalue weighted by Crippen LogP contribution is 2.16. The largest absolute Gasteiger partial charge is 0.127 e. The first-order valence-electron chi connectivity index (χ1n) is 3.80. The van der Waals surface area contributed by atoms with Crippen LogP contribution in [0.25, 0.3) is 0 Å². The van der Waals surface area contributed by atoms with E-state index in [4.69, 9.17) is 0 Å². The summed E-state index contributed by atoms with van der Waals surface area (Å²) in [6, 6.07) is 0. The van der Waals surface area contributed by atoms with E-state index in [0.29, 0.717) is 0 Å². The van der Waals surface area contributed by atoms with Gasteiger partial charge in [0, 0.05) is 4.91 Å². The molecule has 0 aliphatic carbocycles. The molecule has 10 heavy (non-hydrogen) atoms.